The van der Waals surface area contributed by atoms with E-state index in [-0.39, 0.29) is 30.2 Å². The van der Waals surface area contributed by atoms with E-state index in [0.29, 0.717) is 46.5 Å². The first-order chi connectivity index (χ1) is 18.4. The van der Waals surface area contributed by atoms with Gasteiger partial charge in [-0.3, -0.25) is 4.79 Å². The zero-order valence-corrected chi connectivity index (χ0v) is 23.5. The lowest BCUT2D eigenvalue weighted by Crippen LogP contribution is -2.49. The smallest absolute Gasteiger partial charge is 0.335 e. The predicted octanol–water partition coefficient (Wildman–Crippen LogP) is 6.34. The first-order valence-electron chi connectivity index (χ1n) is 13.7. The number of rotatable bonds is 9. The lowest BCUT2D eigenvalue weighted by atomic mass is 9.84. The number of nitrogens with zero attached hydrogens (tertiary/aromatic N) is 1. The number of phenols is 1. The summed E-state index contributed by atoms with van der Waals surface area (Å²) >= 11 is 0. The van der Waals surface area contributed by atoms with Crippen LogP contribution in [0.4, 0.5) is 5.69 Å². The average molecular weight is 534 g/mol. The van der Waals surface area contributed by atoms with Crippen LogP contribution in [0.3, 0.4) is 0 Å². The number of carboxylic acids is 1. The van der Waals surface area contributed by atoms with E-state index in [2.05, 4.69) is 32.9 Å². The number of allylic oxidation sites excluding steroid dienone is 4. The monoisotopic (exact) mass is 533 g/mol. The van der Waals surface area contributed by atoms with E-state index in [4.69, 9.17) is 4.74 Å². The molecule has 0 fully saturated rings. The highest BCUT2D eigenvalue weighted by Crippen LogP contribution is 2.47. The average Bonchev–Trinajstić information content (AvgIpc) is 3.20. The summed E-state index contributed by atoms with van der Waals surface area (Å²) in [5.74, 6) is -0.876. The third-order valence-electron chi connectivity index (χ3n) is 7.93. The molecule has 7 nitrogen and oxygen atoms in total. The highest BCUT2D eigenvalue weighted by molar-refractivity contribution is 6.11. The van der Waals surface area contributed by atoms with E-state index in [9.17, 15) is 24.9 Å². The second kappa shape index (κ2) is 11.3. The van der Waals surface area contributed by atoms with Crippen molar-refractivity contribution in [1.29, 1.82) is 0 Å². The molecule has 0 saturated carbocycles. The van der Waals surface area contributed by atoms with Gasteiger partial charge in [-0.05, 0) is 89.6 Å². The van der Waals surface area contributed by atoms with Gasteiger partial charge in [0.1, 0.15) is 17.1 Å². The number of aliphatic hydroxyl groups is 1. The third kappa shape index (κ3) is 5.74. The first kappa shape index (κ1) is 28.4. The predicted molar refractivity (Wildman–Crippen MR) is 152 cm³/mol. The minimum Gasteiger partial charge on any atom is -0.508 e. The second-order valence-corrected chi connectivity index (χ2v) is 11.2. The maximum Gasteiger partial charge on any atom is 0.335 e. The summed E-state index contributed by atoms with van der Waals surface area (Å²) in [6.45, 7) is 10.3. The molecule has 4 rings (SSSR count). The summed E-state index contributed by atoms with van der Waals surface area (Å²) in [6.07, 6.45) is 7.68. The zero-order chi connectivity index (χ0) is 28.5. The SMILES string of the molecule is CCc1cc(N2Cc3c(cc(O)c4c3OC(C)(CC/C=C(\C)CCC=C(C)C)C(O)C4)C2=O)ccc1C(=O)O. The highest BCUT2D eigenvalue weighted by Gasteiger charge is 2.44. The van der Waals surface area contributed by atoms with Gasteiger partial charge in [0.2, 0.25) is 0 Å². The van der Waals surface area contributed by atoms with Gasteiger partial charge in [-0.1, -0.05) is 30.2 Å². The molecule has 0 aromatic heterocycles. The Hall–Kier alpha value is -3.58. The van der Waals surface area contributed by atoms with E-state index < -0.39 is 17.7 Å². The van der Waals surface area contributed by atoms with Gasteiger partial charge in [0.15, 0.2) is 0 Å². The fraction of sp³-hybridized carbons (Fsp3) is 0.438. The Morgan fingerprint density at radius 1 is 1.15 bits per heavy atom. The molecule has 0 radical (unpaired) electrons. The maximum atomic E-state index is 13.4. The van der Waals surface area contributed by atoms with Gasteiger partial charge < -0.3 is 25.0 Å². The van der Waals surface area contributed by atoms with Crippen LogP contribution < -0.4 is 9.64 Å². The van der Waals surface area contributed by atoms with Crippen LogP contribution in [0.15, 0.2) is 47.6 Å². The number of fused-ring (bicyclic) bond motifs is 3. The van der Waals surface area contributed by atoms with E-state index >= 15 is 0 Å². The number of benzene rings is 2. The van der Waals surface area contributed by atoms with E-state index in [1.807, 2.05) is 13.8 Å². The van der Waals surface area contributed by atoms with Crippen LogP contribution >= 0.6 is 0 Å². The van der Waals surface area contributed by atoms with Crippen molar-refractivity contribution >= 4 is 17.6 Å². The number of aromatic carboxylic acids is 1. The standard InChI is InChI=1S/C32H39NO6/c1-6-21-15-22(12-13-23(21)31(37)38)33-18-26-24(30(33)36)16-27(34)25-17-28(35)32(5,39-29(25)26)14-8-11-20(4)10-7-9-19(2)3/h9,11-13,15-16,28,34-35H,6-8,10,14,17-18H2,1-5H3,(H,37,38)/b20-11+. The molecule has 39 heavy (non-hydrogen) atoms. The number of amides is 1. The Bertz CT molecular complexity index is 1350. The number of aliphatic hydroxyl groups excluding tert-OH is 1. The summed E-state index contributed by atoms with van der Waals surface area (Å²) < 4.78 is 6.47. The molecule has 0 saturated heterocycles. The van der Waals surface area contributed by atoms with Crippen LogP contribution in [0.25, 0.3) is 0 Å². The van der Waals surface area contributed by atoms with Crippen LogP contribution in [-0.4, -0.2) is 38.9 Å². The van der Waals surface area contributed by atoms with Crippen molar-refractivity contribution in [2.75, 3.05) is 4.90 Å². The Kier molecular flexibility index (Phi) is 8.21. The molecule has 2 atom stereocenters. The van der Waals surface area contributed by atoms with Gasteiger partial charge in [-0.15, -0.1) is 0 Å². The Balaban J connectivity index is 1.58. The number of aromatic hydroxyl groups is 1. The number of aryl methyl sites for hydroxylation is 1. The summed E-state index contributed by atoms with van der Waals surface area (Å²) in [5, 5.41) is 31.3. The number of anilines is 1. The largest absolute Gasteiger partial charge is 0.508 e. The van der Waals surface area contributed by atoms with Crippen LogP contribution in [-0.2, 0) is 19.4 Å². The van der Waals surface area contributed by atoms with Crippen molar-refractivity contribution in [3.8, 4) is 11.5 Å². The zero-order valence-electron chi connectivity index (χ0n) is 23.5. The molecular formula is C32H39NO6. The van der Waals surface area contributed by atoms with Crippen molar-refractivity contribution in [2.45, 2.75) is 91.4 Å². The molecular weight excluding hydrogens is 494 g/mol. The minimum atomic E-state index is -1.00. The number of hydrogen-bond donors (Lipinski definition) is 3. The van der Waals surface area contributed by atoms with Crippen LogP contribution in [0.1, 0.15) is 97.7 Å². The van der Waals surface area contributed by atoms with Gasteiger partial charge in [-0.2, -0.15) is 0 Å². The number of carboxylic acid groups (broad SMARTS) is 1. The van der Waals surface area contributed by atoms with Crippen LogP contribution in [0.2, 0.25) is 0 Å². The van der Waals surface area contributed by atoms with Crippen molar-refractivity contribution < 1.29 is 29.6 Å². The molecule has 3 N–H and O–H groups in total. The third-order valence-corrected chi connectivity index (χ3v) is 7.93. The number of hydrogen-bond acceptors (Lipinski definition) is 5. The minimum absolute atomic E-state index is 0.0643. The number of carbonyl (C=O) groups excluding carboxylic acids is 1. The van der Waals surface area contributed by atoms with Crippen molar-refractivity contribution in [2.24, 2.45) is 0 Å². The molecule has 2 unspecified atom stereocenters. The molecule has 208 valence electrons. The van der Waals surface area contributed by atoms with Crippen molar-refractivity contribution in [1.82, 2.24) is 0 Å². The molecule has 0 bridgehead atoms. The Labute approximate surface area is 230 Å². The molecule has 2 aromatic rings. The summed E-state index contributed by atoms with van der Waals surface area (Å²) in [5.41, 5.74) is 4.74. The fourth-order valence-electron chi connectivity index (χ4n) is 5.46. The highest BCUT2D eigenvalue weighted by atomic mass is 16.5. The lowest BCUT2D eigenvalue weighted by molar-refractivity contribution is -0.0597. The molecule has 2 aromatic carbocycles. The molecule has 2 heterocycles. The number of carbonyl (C=O) groups is 2. The van der Waals surface area contributed by atoms with Crippen LogP contribution in [0.5, 0.6) is 11.5 Å². The van der Waals surface area contributed by atoms with Gasteiger partial charge >= 0.3 is 5.97 Å². The summed E-state index contributed by atoms with van der Waals surface area (Å²) in [7, 11) is 0. The molecule has 0 aliphatic carbocycles. The fourth-order valence-corrected chi connectivity index (χ4v) is 5.46. The van der Waals surface area contributed by atoms with Crippen molar-refractivity contribution in [3.05, 3.63) is 75.4 Å². The molecule has 0 spiro atoms. The molecule has 7 heteroatoms. The normalized spacial score (nSPS) is 20.4. The molecule has 1 amide bonds. The topological polar surface area (TPSA) is 107 Å². The van der Waals surface area contributed by atoms with Crippen LogP contribution in [0, 0.1) is 0 Å². The number of ether oxygens (including phenoxy) is 1. The van der Waals surface area contributed by atoms with Gasteiger partial charge in [0.05, 0.1) is 23.8 Å². The first-order valence-corrected chi connectivity index (χ1v) is 13.7. The number of phenolic OH excluding ortho intramolecular Hbond substituents is 1. The maximum absolute atomic E-state index is 13.4. The van der Waals surface area contributed by atoms with E-state index in [1.165, 1.54) is 23.3 Å². The van der Waals surface area contributed by atoms with Gasteiger partial charge in [-0.25, -0.2) is 4.79 Å². The van der Waals surface area contributed by atoms with Crippen molar-refractivity contribution in [3.63, 3.8) is 0 Å². The second-order valence-electron chi connectivity index (χ2n) is 11.2. The Morgan fingerprint density at radius 3 is 2.56 bits per heavy atom. The summed E-state index contributed by atoms with van der Waals surface area (Å²) in [6, 6.07) is 6.36. The molecule has 2 aliphatic heterocycles. The summed E-state index contributed by atoms with van der Waals surface area (Å²) in [4.78, 5) is 26.6. The lowest BCUT2D eigenvalue weighted by Gasteiger charge is -2.40. The molecule has 2 aliphatic rings. The quantitative estimate of drug-likeness (QED) is 0.325. The van der Waals surface area contributed by atoms with E-state index in [1.54, 1.807) is 17.0 Å². The Morgan fingerprint density at radius 2 is 1.90 bits per heavy atom. The van der Waals surface area contributed by atoms with E-state index in [0.717, 1.165) is 19.3 Å². The van der Waals surface area contributed by atoms with Gasteiger partial charge in [0, 0.05) is 23.2 Å². The van der Waals surface area contributed by atoms with Gasteiger partial charge in [0.25, 0.3) is 5.91 Å².